The van der Waals surface area contributed by atoms with Gasteiger partial charge in [0.25, 0.3) is 5.91 Å². The first kappa shape index (κ1) is 18.8. The predicted molar refractivity (Wildman–Crippen MR) is 109 cm³/mol. The zero-order chi connectivity index (χ0) is 19.9. The topological polar surface area (TPSA) is 67.0 Å². The van der Waals surface area contributed by atoms with Crippen LogP contribution < -0.4 is 10.1 Å². The van der Waals surface area contributed by atoms with Crippen LogP contribution in [0.2, 0.25) is 0 Å². The van der Waals surface area contributed by atoms with Gasteiger partial charge >= 0.3 is 0 Å². The van der Waals surface area contributed by atoms with Crippen LogP contribution in [0.15, 0.2) is 60.3 Å². The van der Waals surface area contributed by atoms with Crippen LogP contribution >= 0.6 is 0 Å². The monoisotopic (exact) mass is 369 g/mol. The predicted octanol–water partition coefficient (Wildman–Crippen LogP) is 3.51. The van der Waals surface area contributed by atoms with Crippen LogP contribution in [0.5, 0.6) is 5.75 Å². The summed E-state index contributed by atoms with van der Waals surface area (Å²) in [5, 5.41) is 13.2. The highest BCUT2D eigenvalue weighted by molar-refractivity contribution is 6.04. The lowest BCUT2D eigenvalue weighted by molar-refractivity contribution is -0.117. The normalized spacial score (nSPS) is 10.9. The van der Waals surface area contributed by atoms with E-state index in [9.17, 15) is 10.1 Å². The molecule has 3 aromatic rings. The van der Waals surface area contributed by atoms with Gasteiger partial charge in [-0.15, -0.1) is 6.42 Å². The summed E-state index contributed by atoms with van der Waals surface area (Å²) < 4.78 is 7.04. The molecule has 3 rings (SSSR count). The van der Waals surface area contributed by atoms with E-state index < -0.39 is 5.91 Å². The molecule has 0 saturated carbocycles. The summed E-state index contributed by atoms with van der Waals surface area (Å²) in [6, 6.07) is 17.1. The largest absolute Gasteiger partial charge is 0.497 e. The highest BCUT2D eigenvalue weighted by Gasteiger charge is 2.12. The molecule has 1 heterocycles. The number of hydrogen-bond acceptors (Lipinski definition) is 3. The number of nitriles is 1. The molecule has 0 aliphatic carbocycles. The van der Waals surface area contributed by atoms with Crippen molar-refractivity contribution in [2.75, 3.05) is 7.11 Å². The third-order valence-corrected chi connectivity index (χ3v) is 4.36. The number of para-hydroxylation sites is 1. The molecule has 0 saturated heterocycles. The summed E-state index contributed by atoms with van der Waals surface area (Å²) in [5.41, 5.74) is 2.69. The Morgan fingerprint density at radius 1 is 1.25 bits per heavy atom. The Balaban J connectivity index is 1.81. The first-order chi connectivity index (χ1) is 13.7. The number of nitrogens with one attached hydrogen (secondary N) is 1. The Bertz CT molecular complexity index is 1110. The maximum atomic E-state index is 12.5. The number of amides is 1. The molecule has 2 aromatic carbocycles. The minimum Gasteiger partial charge on any atom is -0.497 e. The van der Waals surface area contributed by atoms with Gasteiger partial charge in [-0.1, -0.05) is 36.3 Å². The molecule has 0 aliphatic rings. The summed E-state index contributed by atoms with van der Waals surface area (Å²) in [4.78, 5) is 12.5. The highest BCUT2D eigenvalue weighted by Crippen LogP contribution is 2.23. The van der Waals surface area contributed by atoms with Crippen molar-refractivity contribution in [3.8, 4) is 24.2 Å². The van der Waals surface area contributed by atoms with Crippen molar-refractivity contribution >= 4 is 22.9 Å². The van der Waals surface area contributed by atoms with Gasteiger partial charge in [-0.25, -0.2) is 0 Å². The number of rotatable bonds is 6. The summed E-state index contributed by atoms with van der Waals surface area (Å²) >= 11 is 0. The SMILES string of the molecule is C#CCn1cc(/C=C(/C#N)C(=O)NCc2ccc(OC)cc2)c2ccccc21. The molecule has 1 amide bonds. The van der Waals surface area contributed by atoms with Crippen LogP contribution in [0.1, 0.15) is 11.1 Å². The van der Waals surface area contributed by atoms with Crippen LogP contribution in [0.25, 0.3) is 17.0 Å². The van der Waals surface area contributed by atoms with Crippen molar-refractivity contribution in [2.45, 2.75) is 13.1 Å². The van der Waals surface area contributed by atoms with Gasteiger partial charge in [0, 0.05) is 29.2 Å². The van der Waals surface area contributed by atoms with Crippen molar-refractivity contribution in [2.24, 2.45) is 0 Å². The molecule has 1 N–H and O–H groups in total. The number of hydrogen-bond donors (Lipinski definition) is 1. The van der Waals surface area contributed by atoms with E-state index in [4.69, 9.17) is 11.2 Å². The maximum Gasteiger partial charge on any atom is 0.262 e. The van der Waals surface area contributed by atoms with Crippen molar-refractivity contribution in [3.05, 3.63) is 71.4 Å². The number of nitrogens with zero attached hydrogens (tertiary/aromatic N) is 2. The van der Waals surface area contributed by atoms with E-state index in [1.807, 2.05) is 65.4 Å². The summed E-state index contributed by atoms with van der Waals surface area (Å²) in [7, 11) is 1.60. The molecular weight excluding hydrogens is 350 g/mol. The van der Waals surface area contributed by atoms with Gasteiger partial charge in [-0.3, -0.25) is 4.79 Å². The molecule has 138 valence electrons. The van der Waals surface area contributed by atoms with Crippen molar-refractivity contribution in [1.82, 2.24) is 9.88 Å². The average Bonchev–Trinajstić information content (AvgIpc) is 3.08. The van der Waals surface area contributed by atoms with Gasteiger partial charge in [0.2, 0.25) is 0 Å². The third kappa shape index (κ3) is 4.06. The molecule has 1 aromatic heterocycles. The van der Waals surface area contributed by atoms with Gasteiger partial charge in [0.1, 0.15) is 17.4 Å². The number of terminal acetylenes is 1. The van der Waals surface area contributed by atoms with Crippen molar-refractivity contribution in [1.29, 1.82) is 5.26 Å². The second-order valence-corrected chi connectivity index (χ2v) is 6.13. The van der Waals surface area contributed by atoms with E-state index in [1.54, 1.807) is 13.2 Å². The fourth-order valence-electron chi connectivity index (χ4n) is 2.94. The molecule has 5 nitrogen and oxygen atoms in total. The minimum atomic E-state index is -0.424. The van der Waals surface area contributed by atoms with E-state index in [-0.39, 0.29) is 5.57 Å². The first-order valence-electron chi connectivity index (χ1n) is 8.70. The van der Waals surface area contributed by atoms with Gasteiger partial charge in [0.15, 0.2) is 0 Å². The maximum absolute atomic E-state index is 12.5. The Hall–Kier alpha value is -3.96. The van der Waals surface area contributed by atoms with Gasteiger partial charge in [-0.2, -0.15) is 5.26 Å². The summed E-state index contributed by atoms with van der Waals surface area (Å²) in [6.45, 7) is 0.737. The van der Waals surface area contributed by atoms with E-state index >= 15 is 0 Å². The molecule has 28 heavy (non-hydrogen) atoms. The molecule has 0 aliphatic heterocycles. The molecule has 0 spiro atoms. The zero-order valence-electron chi connectivity index (χ0n) is 15.5. The summed E-state index contributed by atoms with van der Waals surface area (Å²) in [5.74, 6) is 2.94. The van der Waals surface area contributed by atoms with Gasteiger partial charge < -0.3 is 14.6 Å². The molecule has 0 radical (unpaired) electrons. The second kappa shape index (κ2) is 8.62. The number of benzene rings is 2. The average molecular weight is 369 g/mol. The number of fused-ring (bicyclic) bond motifs is 1. The lowest BCUT2D eigenvalue weighted by Crippen LogP contribution is -2.23. The first-order valence-corrected chi connectivity index (χ1v) is 8.70. The summed E-state index contributed by atoms with van der Waals surface area (Å²) in [6.07, 6.45) is 8.89. The lowest BCUT2D eigenvalue weighted by atomic mass is 10.1. The molecule has 0 fully saturated rings. The molecule has 0 atom stereocenters. The smallest absolute Gasteiger partial charge is 0.262 e. The van der Waals surface area contributed by atoms with E-state index in [1.165, 1.54) is 0 Å². The van der Waals surface area contributed by atoms with E-state index in [0.29, 0.717) is 13.1 Å². The third-order valence-electron chi connectivity index (χ3n) is 4.36. The van der Waals surface area contributed by atoms with Crippen LogP contribution in [-0.4, -0.2) is 17.6 Å². The van der Waals surface area contributed by atoms with Crippen LogP contribution in [0.4, 0.5) is 0 Å². The molecule has 0 bridgehead atoms. The molecular formula is C23H19N3O2. The number of ether oxygens (including phenoxy) is 1. The van der Waals surface area contributed by atoms with Crippen molar-refractivity contribution < 1.29 is 9.53 Å². The number of carbonyl (C=O) groups is 1. The Kier molecular flexibility index (Phi) is 5.79. The fourth-order valence-corrected chi connectivity index (χ4v) is 2.94. The van der Waals surface area contributed by atoms with E-state index in [0.717, 1.165) is 27.8 Å². The van der Waals surface area contributed by atoms with Gasteiger partial charge in [-0.05, 0) is 29.8 Å². The van der Waals surface area contributed by atoms with Crippen LogP contribution in [0, 0.1) is 23.7 Å². The van der Waals surface area contributed by atoms with Crippen molar-refractivity contribution in [3.63, 3.8) is 0 Å². The highest BCUT2D eigenvalue weighted by atomic mass is 16.5. The zero-order valence-corrected chi connectivity index (χ0v) is 15.5. The quantitative estimate of drug-likeness (QED) is 0.411. The number of methoxy groups -OCH3 is 1. The standard InChI is InChI=1S/C23H19N3O2/c1-3-12-26-16-19(21-6-4-5-7-22(21)26)13-18(14-24)23(27)25-15-17-8-10-20(28-2)11-9-17/h1,4-11,13,16H,12,15H2,2H3,(H,25,27)/b18-13-. The lowest BCUT2D eigenvalue weighted by Gasteiger charge is -2.05. The second-order valence-electron chi connectivity index (χ2n) is 6.13. The van der Waals surface area contributed by atoms with Crippen LogP contribution in [0.3, 0.4) is 0 Å². The molecule has 0 unspecified atom stereocenters. The number of aromatic nitrogens is 1. The Morgan fingerprint density at radius 2 is 2.00 bits per heavy atom. The fraction of sp³-hybridized carbons (Fsp3) is 0.130. The van der Waals surface area contributed by atoms with Crippen LogP contribution in [-0.2, 0) is 17.9 Å². The number of carbonyl (C=O) groups excluding carboxylic acids is 1. The van der Waals surface area contributed by atoms with E-state index in [2.05, 4.69) is 11.2 Å². The Morgan fingerprint density at radius 3 is 2.68 bits per heavy atom. The van der Waals surface area contributed by atoms with Gasteiger partial charge in [0.05, 0.1) is 13.7 Å². The Labute approximate surface area is 163 Å². The minimum absolute atomic E-state index is 0.0390. The molecule has 5 heteroatoms.